The van der Waals surface area contributed by atoms with Crippen molar-refractivity contribution in [3.05, 3.63) is 54.3 Å². The molecular weight excluding hydrogens is 435 g/mol. The summed E-state index contributed by atoms with van der Waals surface area (Å²) in [5.41, 5.74) is 1.59. The number of hydrogen-bond acceptors (Lipinski definition) is 1. The number of halogens is 4. The van der Waals surface area contributed by atoms with E-state index in [1.165, 1.54) is 0 Å². The van der Waals surface area contributed by atoms with E-state index < -0.39 is 0 Å². The van der Waals surface area contributed by atoms with E-state index in [4.69, 9.17) is 0 Å². The molecule has 17 heavy (non-hydrogen) atoms. The summed E-state index contributed by atoms with van der Waals surface area (Å²) in [5, 5.41) is 0. The molecule has 0 N–H and O–H groups in total. The van der Waals surface area contributed by atoms with Gasteiger partial charge in [0, 0.05) is 9.35 Å². The number of hydrogen-bond donors (Lipinski definition) is 0. The molecule has 2 rings (SSSR count). The maximum Gasteiger partial charge on any atom is 0.126 e. The fourth-order valence-electron chi connectivity index (χ4n) is 1.42. The zero-order valence-corrected chi connectivity index (χ0v) is 14.4. The Kier molecular flexibility index (Phi) is 4.45. The van der Waals surface area contributed by atoms with Crippen LogP contribution in [-0.2, 0) is 0 Å². The lowest BCUT2D eigenvalue weighted by Gasteiger charge is -2.08. The van der Waals surface area contributed by atoms with E-state index in [1.54, 1.807) is 30.4 Å². The van der Waals surface area contributed by atoms with Gasteiger partial charge in [-0.2, -0.15) is 0 Å². The summed E-state index contributed by atoms with van der Waals surface area (Å²) < 4.78 is 15.6. The third kappa shape index (κ3) is 3.00. The van der Waals surface area contributed by atoms with Gasteiger partial charge in [-0.3, -0.25) is 0 Å². The highest BCUT2D eigenvalue weighted by Crippen LogP contribution is 2.41. The lowest BCUT2D eigenvalue weighted by atomic mass is 10.1. The normalized spacial score (nSPS) is 12.8. The van der Waals surface area contributed by atoms with Gasteiger partial charge in [-0.1, -0.05) is 28.1 Å². The topological polar surface area (TPSA) is 0 Å². The molecule has 1 unspecified atom stereocenters. The molecule has 90 valence electrons. The van der Waals surface area contributed by atoms with Gasteiger partial charge in [-0.15, -0.1) is 11.3 Å². The summed E-state index contributed by atoms with van der Waals surface area (Å²) in [5.74, 6) is -0.165. The Morgan fingerprint density at radius 3 is 2.47 bits per heavy atom. The molecule has 1 aromatic heterocycles. The summed E-state index contributed by atoms with van der Waals surface area (Å²) in [6.07, 6.45) is 0. The van der Waals surface area contributed by atoms with Crippen LogP contribution in [0.2, 0.25) is 0 Å². The molecule has 0 saturated heterocycles. The zero-order chi connectivity index (χ0) is 12.6. The molecule has 0 aliphatic rings. The second-order valence-electron chi connectivity index (χ2n) is 3.64. The number of alkyl halides is 1. The molecule has 0 saturated carbocycles. The molecule has 0 radical (unpaired) electrons. The van der Waals surface area contributed by atoms with Crippen LogP contribution >= 0.6 is 59.1 Å². The minimum Gasteiger partial charge on any atom is -0.207 e. The quantitative estimate of drug-likeness (QED) is 0.485. The molecule has 0 bridgehead atoms. The third-order valence-electron chi connectivity index (χ3n) is 2.40. The van der Waals surface area contributed by atoms with Gasteiger partial charge in [0.15, 0.2) is 0 Å². The first-order chi connectivity index (χ1) is 7.99. The van der Waals surface area contributed by atoms with Gasteiger partial charge in [-0.25, -0.2) is 4.39 Å². The highest BCUT2D eigenvalue weighted by atomic mass is 79.9. The second kappa shape index (κ2) is 5.51. The molecule has 1 heterocycles. The van der Waals surface area contributed by atoms with Gasteiger partial charge in [-0.05, 0) is 62.0 Å². The molecule has 0 nitrogen and oxygen atoms in total. The Morgan fingerprint density at radius 2 is 1.94 bits per heavy atom. The van der Waals surface area contributed by atoms with Crippen LogP contribution in [0.4, 0.5) is 4.39 Å². The molecule has 5 heteroatoms. The first-order valence-electron chi connectivity index (χ1n) is 4.84. The number of rotatable bonds is 2. The van der Waals surface area contributed by atoms with Gasteiger partial charge in [0.25, 0.3) is 0 Å². The Balaban J connectivity index is 2.36. The van der Waals surface area contributed by atoms with Crippen molar-refractivity contribution in [2.75, 3.05) is 0 Å². The van der Waals surface area contributed by atoms with E-state index in [0.717, 1.165) is 18.7 Å². The average Bonchev–Trinajstić information content (AvgIpc) is 2.62. The maximum absolute atomic E-state index is 13.5. The highest BCUT2D eigenvalue weighted by molar-refractivity contribution is 9.13. The molecule has 1 aromatic carbocycles. The minimum atomic E-state index is -0.165. The highest BCUT2D eigenvalue weighted by Gasteiger charge is 2.15. The first kappa shape index (κ1) is 13.7. The third-order valence-corrected chi connectivity index (χ3v) is 7.05. The van der Waals surface area contributed by atoms with Gasteiger partial charge >= 0.3 is 0 Å². The molecule has 0 amide bonds. The van der Waals surface area contributed by atoms with Crippen molar-refractivity contribution >= 4 is 59.1 Å². The van der Waals surface area contributed by atoms with Crippen LogP contribution in [0.3, 0.4) is 0 Å². The summed E-state index contributed by atoms with van der Waals surface area (Å²) >= 11 is 12.1. The minimum absolute atomic E-state index is 0.0187. The summed E-state index contributed by atoms with van der Waals surface area (Å²) in [4.78, 5) is 1.15. The Hall–Kier alpha value is 0.290. The van der Waals surface area contributed by atoms with E-state index >= 15 is 0 Å². The molecule has 0 aliphatic carbocycles. The smallest absolute Gasteiger partial charge is 0.126 e. The summed E-state index contributed by atoms with van der Waals surface area (Å²) in [6, 6.07) is 7.36. The van der Waals surface area contributed by atoms with E-state index in [1.807, 2.05) is 12.1 Å². The van der Waals surface area contributed by atoms with E-state index in [-0.39, 0.29) is 10.6 Å². The van der Waals surface area contributed by atoms with Crippen LogP contribution < -0.4 is 0 Å². The Morgan fingerprint density at radius 1 is 1.24 bits per heavy atom. The maximum atomic E-state index is 13.5. The Bertz CT molecular complexity index is 531. The fraction of sp³-hybridized carbons (Fsp3) is 0.167. The van der Waals surface area contributed by atoms with Gasteiger partial charge in [0.2, 0.25) is 0 Å². The molecular formula is C12H8Br3FS. The predicted molar refractivity (Wildman–Crippen MR) is 81.6 cm³/mol. The van der Waals surface area contributed by atoms with Crippen molar-refractivity contribution in [3.63, 3.8) is 0 Å². The lowest BCUT2D eigenvalue weighted by Crippen LogP contribution is -1.92. The van der Waals surface area contributed by atoms with Crippen molar-refractivity contribution < 1.29 is 4.39 Å². The molecule has 0 spiro atoms. The van der Waals surface area contributed by atoms with Crippen LogP contribution in [-0.4, -0.2) is 0 Å². The molecule has 0 aliphatic heterocycles. The van der Waals surface area contributed by atoms with Gasteiger partial charge < -0.3 is 0 Å². The van der Waals surface area contributed by atoms with Crippen LogP contribution in [0.5, 0.6) is 0 Å². The van der Waals surface area contributed by atoms with Crippen LogP contribution in [0, 0.1) is 12.7 Å². The summed E-state index contributed by atoms with van der Waals surface area (Å²) in [6.45, 7) is 1.76. The van der Waals surface area contributed by atoms with Crippen molar-refractivity contribution in [2.45, 2.75) is 11.8 Å². The van der Waals surface area contributed by atoms with Crippen LogP contribution in [0.15, 0.2) is 32.5 Å². The number of aryl methyl sites for hydroxylation is 1. The van der Waals surface area contributed by atoms with Crippen molar-refractivity contribution in [2.24, 2.45) is 0 Å². The van der Waals surface area contributed by atoms with Crippen LogP contribution in [0.25, 0.3) is 0 Å². The largest absolute Gasteiger partial charge is 0.207 e. The van der Waals surface area contributed by atoms with Crippen molar-refractivity contribution in [1.82, 2.24) is 0 Å². The van der Waals surface area contributed by atoms with E-state index in [9.17, 15) is 4.39 Å². The SMILES string of the molecule is Cc1ccc(C(Br)c2cc(Br)c(Br)s2)cc1F. The second-order valence-corrected chi connectivity index (χ2v) is 7.81. The number of thiophene rings is 1. The van der Waals surface area contributed by atoms with Gasteiger partial charge in [0.1, 0.15) is 5.82 Å². The first-order valence-corrected chi connectivity index (χ1v) is 8.15. The zero-order valence-electron chi connectivity index (χ0n) is 8.81. The standard InChI is InChI=1S/C12H8Br3FS/c1-6-2-3-7(4-9(6)16)11(14)10-5-8(13)12(15)17-10/h2-5,11H,1H3. The summed E-state index contributed by atoms with van der Waals surface area (Å²) in [7, 11) is 0. The monoisotopic (exact) mass is 440 g/mol. The van der Waals surface area contributed by atoms with Crippen molar-refractivity contribution in [3.8, 4) is 0 Å². The van der Waals surface area contributed by atoms with E-state index in [0.29, 0.717) is 5.56 Å². The lowest BCUT2D eigenvalue weighted by molar-refractivity contribution is 0.616. The van der Waals surface area contributed by atoms with Gasteiger partial charge in [0.05, 0.1) is 8.61 Å². The predicted octanol–water partition coefficient (Wildman–Crippen LogP) is 6.20. The molecule has 2 aromatic rings. The van der Waals surface area contributed by atoms with E-state index in [2.05, 4.69) is 47.8 Å². The van der Waals surface area contributed by atoms with Crippen molar-refractivity contribution in [1.29, 1.82) is 0 Å². The van der Waals surface area contributed by atoms with Crippen LogP contribution in [0.1, 0.15) is 20.8 Å². The average molecular weight is 443 g/mol. The molecule has 1 atom stereocenters. The molecule has 0 fully saturated rings. The fourth-order valence-corrected chi connectivity index (χ4v) is 4.21. The Labute approximate surface area is 129 Å². The number of benzene rings is 1.